The third-order valence-electron chi connectivity index (χ3n) is 13.3. The molecule has 8 rings (SSSR count). The van der Waals surface area contributed by atoms with Crippen LogP contribution in [0, 0.1) is 17.8 Å². The molecule has 0 aromatic rings. The molecule has 3 aliphatic carbocycles. The monoisotopic (exact) mass is 686 g/mol. The number of fused-ring (bicyclic) bond motifs is 5. The van der Waals surface area contributed by atoms with E-state index in [9.17, 15) is 9.59 Å². The number of halogens is 1. The number of carbonyl (C=O) groups excluding carboxylic acids is 2. The van der Waals surface area contributed by atoms with Crippen LogP contribution in [0.5, 0.6) is 0 Å². The van der Waals surface area contributed by atoms with E-state index in [1.807, 2.05) is 6.20 Å². The zero-order valence-electron chi connectivity index (χ0n) is 29.5. The molecule has 5 aliphatic heterocycles. The lowest BCUT2D eigenvalue weighted by molar-refractivity contribution is -0.209. The van der Waals surface area contributed by atoms with Gasteiger partial charge in [-0.25, -0.2) is 4.39 Å². The molecule has 4 saturated heterocycles. The fraction of sp³-hybridized carbons (Fsp3) is 0.892. The van der Waals surface area contributed by atoms with Crippen molar-refractivity contribution < 1.29 is 28.2 Å². The molecule has 12 heteroatoms. The fourth-order valence-electron chi connectivity index (χ4n) is 10.7. The number of alkyl halides is 1. The SMILES string of the molecule is CN1CCN(CCCNC2C(F)CC3C(=O)C(C(=O)NCCCN4CCCOC4)=CN4C5CC6OC7CCCCC7C6CC5OC2C34)CC1. The number of nitrogens with zero attached hydrogens (tertiary/aromatic N) is 4. The molecular formula is C37H59FN6O5. The Bertz CT molecular complexity index is 1210. The minimum atomic E-state index is -1.22. The van der Waals surface area contributed by atoms with Gasteiger partial charge in [0.05, 0.1) is 54.8 Å². The number of ketones is 1. The number of likely N-dealkylation sites (N-methyl/N-ethyl adjacent to an activating group) is 1. The van der Waals surface area contributed by atoms with Crippen LogP contribution >= 0.6 is 0 Å². The molecule has 7 fully saturated rings. The number of ether oxygens (including phenoxy) is 3. The van der Waals surface area contributed by atoms with Crippen LogP contribution in [0.4, 0.5) is 4.39 Å². The van der Waals surface area contributed by atoms with Gasteiger partial charge in [0, 0.05) is 64.5 Å². The first-order valence-corrected chi connectivity index (χ1v) is 19.7. The number of hydrogen-bond acceptors (Lipinski definition) is 10. The average Bonchev–Trinajstić information content (AvgIpc) is 3.48. The van der Waals surface area contributed by atoms with Crippen molar-refractivity contribution in [3.8, 4) is 0 Å². The normalized spacial score (nSPS) is 41.3. The van der Waals surface area contributed by atoms with Gasteiger partial charge in [0.2, 0.25) is 0 Å². The van der Waals surface area contributed by atoms with Gasteiger partial charge in [-0.15, -0.1) is 0 Å². The molecule has 0 bridgehead atoms. The first kappa shape index (κ1) is 34.4. The summed E-state index contributed by atoms with van der Waals surface area (Å²) in [6.45, 7) is 9.79. The predicted molar refractivity (Wildman–Crippen MR) is 182 cm³/mol. The van der Waals surface area contributed by atoms with Gasteiger partial charge in [-0.2, -0.15) is 0 Å². The standard InChI is InChI=1S/C37H59FN6O5/c1-41-14-16-42(17-15-41)11-4-9-39-33-28(38)19-26-34-36(33)49-32-20-25-24-7-2-3-8-30(24)48-31(25)21-29(32)44(34)22-27(35(26)45)37(46)40-10-5-12-43-13-6-18-47-23-43/h22,24-26,28-34,36,39H,2-21,23H2,1H3,(H,40,46). The highest BCUT2D eigenvalue weighted by Crippen LogP contribution is 2.52. The molecule has 0 aromatic carbocycles. The van der Waals surface area contributed by atoms with Gasteiger partial charge in [-0.3, -0.25) is 14.5 Å². The summed E-state index contributed by atoms with van der Waals surface area (Å²) in [7, 11) is 2.17. The van der Waals surface area contributed by atoms with E-state index in [1.165, 1.54) is 19.3 Å². The quantitative estimate of drug-likeness (QED) is 0.262. The van der Waals surface area contributed by atoms with E-state index in [4.69, 9.17) is 14.2 Å². The van der Waals surface area contributed by atoms with Crippen LogP contribution in [0.1, 0.15) is 64.2 Å². The van der Waals surface area contributed by atoms with Crippen molar-refractivity contribution in [2.24, 2.45) is 17.8 Å². The Kier molecular flexibility index (Phi) is 10.6. The van der Waals surface area contributed by atoms with E-state index in [0.717, 1.165) is 90.9 Å². The van der Waals surface area contributed by atoms with E-state index >= 15 is 4.39 Å². The molecule has 2 N–H and O–H groups in total. The predicted octanol–water partition coefficient (Wildman–Crippen LogP) is 1.77. The number of morpholine rings is 1. The molecule has 0 aromatic heterocycles. The molecule has 11 atom stereocenters. The third kappa shape index (κ3) is 7.09. The molecule has 1 amide bonds. The van der Waals surface area contributed by atoms with Crippen molar-refractivity contribution in [1.82, 2.24) is 30.2 Å². The summed E-state index contributed by atoms with van der Waals surface area (Å²) in [5.41, 5.74) is 0.177. The fourth-order valence-corrected chi connectivity index (χ4v) is 10.7. The minimum Gasteiger partial charge on any atom is -0.374 e. The number of nitrogens with one attached hydrogen (secondary N) is 2. The van der Waals surface area contributed by atoms with E-state index in [2.05, 4.69) is 37.3 Å². The van der Waals surface area contributed by atoms with Gasteiger partial charge in [-0.05, 0) is 83.3 Å². The van der Waals surface area contributed by atoms with Gasteiger partial charge in [-0.1, -0.05) is 12.8 Å². The molecule has 274 valence electrons. The Balaban J connectivity index is 0.983. The van der Waals surface area contributed by atoms with Gasteiger partial charge >= 0.3 is 0 Å². The van der Waals surface area contributed by atoms with E-state index < -0.39 is 24.2 Å². The maximum absolute atomic E-state index is 16.3. The Morgan fingerprint density at radius 3 is 2.55 bits per heavy atom. The second kappa shape index (κ2) is 15.1. The molecular weight excluding hydrogens is 627 g/mol. The van der Waals surface area contributed by atoms with E-state index in [-0.39, 0.29) is 48.0 Å². The van der Waals surface area contributed by atoms with Crippen LogP contribution in [-0.4, -0.2) is 159 Å². The van der Waals surface area contributed by atoms with Crippen molar-refractivity contribution in [3.63, 3.8) is 0 Å². The summed E-state index contributed by atoms with van der Waals surface area (Å²) >= 11 is 0. The molecule has 5 heterocycles. The van der Waals surface area contributed by atoms with Gasteiger partial charge in [0.25, 0.3) is 5.91 Å². The molecule has 0 spiro atoms. The largest absolute Gasteiger partial charge is 0.374 e. The highest BCUT2D eigenvalue weighted by Gasteiger charge is 2.61. The topological polar surface area (TPSA) is 98.8 Å². The van der Waals surface area contributed by atoms with Crippen LogP contribution in [0.15, 0.2) is 11.8 Å². The van der Waals surface area contributed by atoms with E-state index in [1.54, 1.807) is 0 Å². The highest BCUT2D eigenvalue weighted by atomic mass is 19.1. The smallest absolute Gasteiger partial charge is 0.256 e. The third-order valence-corrected chi connectivity index (χ3v) is 13.3. The first-order chi connectivity index (χ1) is 23.9. The average molecular weight is 687 g/mol. The summed E-state index contributed by atoms with van der Waals surface area (Å²) in [4.78, 5) is 37.1. The maximum atomic E-state index is 16.3. The van der Waals surface area contributed by atoms with Crippen molar-refractivity contribution in [3.05, 3.63) is 11.8 Å². The molecule has 11 nitrogen and oxygen atoms in total. The second-order valence-electron chi connectivity index (χ2n) is 16.3. The number of rotatable bonds is 10. The number of amides is 1. The van der Waals surface area contributed by atoms with Crippen molar-refractivity contribution in [1.29, 1.82) is 0 Å². The molecule has 3 saturated carbocycles. The van der Waals surface area contributed by atoms with Crippen molar-refractivity contribution in [2.75, 3.05) is 79.3 Å². The Hall–Kier alpha value is -1.67. The maximum Gasteiger partial charge on any atom is 0.256 e. The van der Waals surface area contributed by atoms with Gasteiger partial charge < -0.3 is 39.5 Å². The number of hydrogen-bond donors (Lipinski definition) is 2. The lowest BCUT2D eigenvalue weighted by Gasteiger charge is -2.60. The Morgan fingerprint density at radius 1 is 0.898 bits per heavy atom. The summed E-state index contributed by atoms with van der Waals surface area (Å²) in [5, 5.41) is 6.62. The minimum absolute atomic E-state index is 0.00852. The number of piperazine rings is 1. The Morgan fingerprint density at radius 2 is 1.71 bits per heavy atom. The molecule has 8 aliphatic rings. The van der Waals surface area contributed by atoms with Crippen LogP contribution in [0.25, 0.3) is 0 Å². The van der Waals surface area contributed by atoms with Crippen molar-refractivity contribution in [2.45, 2.75) is 113 Å². The van der Waals surface area contributed by atoms with Gasteiger partial charge in [0.1, 0.15) is 6.17 Å². The molecule has 11 unspecified atom stereocenters. The second-order valence-corrected chi connectivity index (χ2v) is 16.3. The summed E-state index contributed by atoms with van der Waals surface area (Å²) in [5.74, 6) is -0.140. The number of carbonyl (C=O) groups is 2. The van der Waals surface area contributed by atoms with Crippen LogP contribution in [0.2, 0.25) is 0 Å². The lowest BCUT2D eigenvalue weighted by Crippen LogP contribution is -2.73. The van der Waals surface area contributed by atoms with Crippen LogP contribution < -0.4 is 10.6 Å². The highest BCUT2D eigenvalue weighted by molar-refractivity contribution is 6.20. The van der Waals surface area contributed by atoms with Gasteiger partial charge in [0.15, 0.2) is 5.78 Å². The lowest BCUT2D eigenvalue weighted by atomic mass is 9.67. The van der Waals surface area contributed by atoms with Crippen LogP contribution in [0.3, 0.4) is 0 Å². The molecule has 49 heavy (non-hydrogen) atoms. The first-order valence-electron chi connectivity index (χ1n) is 19.7. The molecule has 0 radical (unpaired) electrons. The van der Waals surface area contributed by atoms with Crippen molar-refractivity contribution >= 4 is 11.7 Å². The van der Waals surface area contributed by atoms with Crippen LogP contribution in [-0.2, 0) is 23.8 Å². The zero-order valence-corrected chi connectivity index (χ0v) is 29.5. The Labute approximate surface area is 291 Å². The number of Topliss-reactive ketones (excluding diaryl/α,β-unsaturated/α-hetero) is 1. The summed E-state index contributed by atoms with van der Waals surface area (Å²) < 4.78 is 35.6. The summed E-state index contributed by atoms with van der Waals surface area (Å²) in [6.07, 6.45) is 10.1. The zero-order chi connectivity index (χ0) is 33.5. The van der Waals surface area contributed by atoms with E-state index in [0.29, 0.717) is 37.8 Å². The summed E-state index contributed by atoms with van der Waals surface area (Å²) in [6, 6.07) is -0.756.